The Morgan fingerprint density at radius 1 is 1.37 bits per heavy atom. The van der Waals surface area contributed by atoms with Crippen LogP contribution in [0.2, 0.25) is 0 Å². The van der Waals surface area contributed by atoms with Gasteiger partial charge in [0.1, 0.15) is 12.4 Å². The zero-order valence-electron chi connectivity index (χ0n) is 11.3. The van der Waals surface area contributed by atoms with E-state index >= 15 is 0 Å². The van der Waals surface area contributed by atoms with Gasteiger partial charge in [0.25, 0.3) is 0 Å². The number of rotatable bonds is 7. The molecule has 0 saturated carbocycles. The average Bonchev–Trinajstić information content (AvgIpc) is 2.27. The van der Waals surface area contributed by atoms with Crippen LogP contribution < -0.4 is 4.74 Å². The largest absolute Gasteiger partial charge is 0.492 e. The lowest BCUT2D eigenvalue weighted by Gasteiger charge is -2.17. The van der Waals surface area contributed by atoms with Gasteiger partial charge < -0.3 is 9.84 Å². The maximum atomic E-state index is 10.7. The molecule has 4 heteroatoms. The van der Waals surface area contributed by atoms with Crippen LogP contribution in [0.4, 0.5) is 0 Å². The van der Waals surface area contributed by atoms with Crippen molar-refractivity contribution < 1.29 is 14.6 Å². The van der Waals surface area contributed by atoms with E-state index in [1.54, 1.807) is 4.90 Å². The highest BCUT2D eigenvalue weighted by Crippen LogP contribution is 2.15. The van der Waals surface area contributed by atoms with Crippen molar-refractivity contribution in [1.82, 2.24) is 4.90 Å². The highest BCUT2D eigenvalue weighted by atomic mass is 16.5. The van der Waals surface area contributed by atoms with Crippen LogP contribution in [0.5, 0.6) is 5.75 Å². The molecule has 0 saturated heterocycles. The Morgan fingerprint density at radius 2 is 2.00 bits per heavy atom. The van der Waals surface area contributed by atoms with Crippen LogP contribution in [-0.4, -0.2) is 42.2 Å². The van der Waals surface area contributed by atoms with E-state index in [-0.39, 0.29) is 6.54 Å². The van der Waals surface area contributed by atoms with E-state index < -0.39 is 5.97 Å². The minimum Gasteiger partial charge on any atom is -0.492 e. The fraction of sp³-hybridized carbons (Fsp3) is 0.400. The van der Waals surface area contributed by atoms with Crippen molar-refractivity contribution in [3.8, 4) is 18.1 Å². The van der Waals surface area contributed by atoms with Crippen LogP contribution in [0, 0.1) is 26.2 Å². The molecule has 0 heterocycles. The Labute approximate surface area is 114 Å². The molecule has 0 aliphatic heterocycles. The molecule has 0 radical (unpaired) electrons. The van der Waals surface area contributed by atoms with Crippen molar-refractivity contribution in [1.29, 1.82) is 0 Å². The summed E-state index contributed by atoms with van der Waals surface area (Å²) in [5.41, 5.74) is 2.28. The third-order valence-electron chi connectivity index (χ3n) is 2.55. The quantitative estimate of drug-likeness (QED) is 0.759. The lowest BCUT2D eigenvalue weighted by atomic mass is 10.1. The summed E-state index contributed by atoms with van der Waals surface area (Å²) < 4.78 is 5.62. The van der Waals surface area contributed by atoms with Crippen LogP contribution in [0.25, 0.3) is 0 Å². The molecule has 0 unspecified atom stereocenters. The predicted molar refractivity (Wildman–Crippen MR) is 74.3 cm³/mol. The minimum absolute atomic E-state index is 0.0690. The summed E-state index contributed by atoms with van der Waals surface area (Å²) in [6.45, 7) is 5.16. The number of carboxylic acid groups (broad SMARTS) is 1. The number of nitrogens with zero attached hydrogens (tertiary/aromatic N) is 1. The smallest absolute Gasteiger partial charge is 0.317 e. The number of aliphatic carboxylic acids is 1. The monoisotopic (exact) mass is 261 g/mol. The van der Waals surface area contributed by atoms with E-state index in [2.05, 4.69) is 12.0 Å². The molecule has 1 rings (SSSR count). The summed E-state index contributed by atoms with van der Waals surface area (Å²) >= 11 is 0. The number of carboxylic acids is 1. The summed E-state index contributed by atoms with van der Waals surface area (Å²) in [7, 11) is 0. The third kappa shape index (κ3) is 5.94. The molecule has 0 aliphatic rings. The molecule has 0 aromatic heterocycles. The number of carbonyl (C=O) groups is 1. The van der Waals surface area contributed by atoms with E-state index in [1.165, 1.54) is 0 Å². The molecule has 1 aromatic carbocycles. The molecule has 0 atom stereocenters. The maximum absolute atomic E-state index is 10.7. The highest BCUT2D eigenvalue weighted by molar-refractivity contribution is 5.69. The number of benzene rings is 1. The second-order valence-electron chi connectivity index (χ2n) is 4.48. The van der Waals surface area contributed by atoms with E-state index in [0.717, 1.165) is 16.9 Å². The normalized spacial score (nSPS) is 10.2. The standard InChI is InChI=1S/C15H19NO3/c1-4-5-16(11-15(17)18)6-7-19-14-9-12(2)8-13(3)10-14/h1,8-10H,5-7,11H2,2-3H3,(H,17,18). The van der Waals surface area contributed by atoms with E-state index in [0.29, 0.717) is 19.7 Å². The van der Waals surface area contributed by atoms with Crippen molar-refractivity contribution in [2.75, 3.05) is 26.2 Å². The Hall–Kier alpha value is -1.99. The minimum atomic E-state index is -0.887. The first-order valence-electron chi connectivity index (χ1n) is 6.10. The summed E-state index contributed by atoms with van der Waals surface area (Å²) in [4.78, 5) is 12.3. The molecule has 0 spiro atoms. The topological polar surface area (TPSA) is 49.8 Å². The first-order chi connectivity index (χ1) is 9.01. The Kier molecular flexibility index (Phi) is 5.91. The van der Waals surface area contributed by atoms with Crippen molar-refractivity contribution in [3.63, 3.8) is 0 Å². The van der Waals surface area contributed by atoms with Gasteiger partial charge in [0.2, 0.25) is 0 Å². The average molecular weight is 261 g/mol. The fourth-order valence-corrected chi connectivity index (χ4v) is 1.84. The van der Waals surface area contributed by atoms with E-state index in [1.807, 2.05) is 26.0 Å². The Bertz CT molecular complexity index is 457. The van der Waals surface area contributed by atoms with Crippen molar-refractivity contribution in [2.24, 2.45) is 0 Å². The molecule has 0 amide bonds. The second kappa shape index (κ2) is 7.45. The Morgan fingerprint density at radius 3 is 2.53 bits per heavy atom. The molecule has 1 aromatic rings. The summed E-state index contributed by atoms with van der Waals surface area (Å²) in [6, 6.07) is 5.98. The van der Waals surface area contributed by atoms with E-state index in [9.17, 15) is 4.79 Å². The highest BCUT2D eigenvalue weighted by Gasteiger charge is 2.08. The number of terminal acetylenes is 1. The SMILES string of the molecule is C#CCN(CCOc1cc(C)cc(C)c1)CC(=O)O. The van der Waals surface area contributed by atoms with Gasteiger partial charge in [0.05, 0.1) is 13.1 Å². The first-order valence-corrected chi connectivity index (χ1v) is 6.10. The lowest BCUT2D eigenvalue weighted by Crippen LogP contribution is -2.33. The third-order valence-corrected chi connectivity index (χ3v) is 2.55. The zero-order chi connectivity index (χ0) is 14.3. The molecule has 19 heavy (non-hydrogen) atoms. The first kappa shape index (κ1) is 15.1. The maximum Gasteiger partial charge on any atom is 0.317 e. The van der Waals surface area contributed by atoms with Gasteiger partial charge in [-0.2, -0.15) is 0 Å². The number of aryl methyl sites for hydroxylation is 2. The number of hydrogen-bond acceptors (Lipinski definition) is 3. The van der Waals surface area contributed by atoms with E-state index in [4.69, 9.17) is 16.3 Å². The summed E-state index contributed by atoms with van der Waals surface area (Å²) in [5, 5.41) is 8.75. The van der Waals surface area contributed by atoms with Gasteiger partial charge in [-0.1, -0.05) is 12.0 Å². The number of ether oxygens (including phenoxy) is 1. The van der Waals surface area contributed by atoms with Crippen LogP contribution in [-0.2, 0) is 4.79 Å². The lowest BCUT2D eigenvalue weighted by molar-refractivity contribution is -0.138. The van der Waals surface area contributed by atoms with Crippen molar-refractivity contribution >= 4 is 5.97 Å². The molecule has 0 aliphatic carbocycles. The predicted octanol–water partition coefficient (Wildman–Crippen LogP) is 1.70. The van der Waals surface area contributed by atoms with Gasteiger partial charge in [-0.25, -0.2) is 0 Å². The van der Waals surface area contributed by atoms with Crippen molar-refractivity contribution in [2.45, 2.75) is 13.8 Å². The second-order valence-corrected chi connectivity index (χ2v) is 4.48. The molecule has 0 fully saturated rings. The zero-order valence-corrected chi connectivity index (χ0v) is 11.3. The van der Waals surface area contributed by atoms with Gasteiger partial charge in [-0.3, -0.25) is 9.69 Å². The van der Waals surface area contributed by atoms with Crippen molar-refractivity contribution in [3.05, 3.63) is 29.3 Å². The van der Waals surface area contributed by atoms with Gasteiger partial charge in [0, 0.05) is 6.54 Å². The van der Waals surface area contributed by atoms with Crippen LogP contribution in [0.1, 0.15) is 11.1 Å². The Balaban J connectivity index is 2.47. The molecular formula is C15H19NO3. The van der Waals surface area contributed by atoms with Crippen LogP contribution in [0.3, 0.4) is 0 Å². The molecule has 1 N–H and O–H groups in total. The molecular weight excluding hydrogens is 242 g/mol. The summed E-state index contributed by atoms with van der Waals surface area (Å²) in [5.74, 6) is 2.36. The molecule has 4 nitrogen and oxygen atoms in total. The number of hydrogen-bond donors (Lipinski definition) is 1. The van der Waals surface area contributed by atoms with Crippen LogP contribution in [0.15, 0.2) is 18.2 Å². The van der Waals surface area contributed by atoms with Gasteiger partial charge in [-0.05, 0) is 37.1 Å². The van der Waals surface area contributed by atoms with Gasteiger partial charge in [-0.15, -0.1) is 6.42 Å². The molecule has 102 valence electrons. The van der Waals surface area contributed by atoms with Gasteiger partial charge in [0.15, 0.2) is 0 Å². The van der Waals surface area contributed by atoms with Crippen LogP contribution >= 0.6 is 0 Å². The van der Waals surface area contributed by atoms with Gasteiger partial charge >= 0.3 is 5.97 Å². The summed E-state index contributed by atoms with van der Waals surface area (Å²) in [6.07, 6.45) is 5.20. The fourth-order valence-electron chi connectivity index (χ4n) is 1.84. The molecule has 0 bridgehead atoms.